The molecule has 0 aliphatic heterocycles. The van der Waals surface area contributed by atoms with Gasteiger partial charge >= 0.3 is 6.03 Å². The quantitative estimate of drug-likeness (QED) is 0.600. The summed E-state index contributed by atoms with van der Waals surface area (Å²) in [5.74, 6) is 0. The number of nitrogen functional groups attached to an aromatic ring is 1. The molecule has 0 atom stereocenters. The molecule has 6 heteroatoms. The van der Waals surface area contributed by atoms with E-state index in [0.29, 0.717) is 17.9 Å². The van der Waals surface area contributed by atoms with Gasteiger partial charge in [0.1, 0.15) is 0 Å². The number of rotatable bonds is 3. The van der Waals surface area contributed by atoms with Crippen LogP contribution in [-0.2, 0) is 6.54 Å². The topological polar surface area (TPSA) is 95.8 Å². The van der Waals surface area contributed by atoms with Crippen molar-refractivity contribution in [2.45, 2.75) is 6.54 Å². The number of nitrogens with one attached hydrogen (secondary N) is 3. The number of benzene rings is 1. The zero-order chi connectivity index (χ0) is 12.1. The second kappa shape index (κ2) is 5.02. The van der Waals surface area contributed by atoms with E-state index in [0.717, 1.165) is 5.56 Å². The average Bonchev–Trinajstić information content (AvgIpc) is 2.83. The first-order valence-electron chi connectivity index (χ1n) is 5.12. The average molecular weight is 231 g/mol. The largest absolute Gasteiger partial charge is 0.399 e. The highest BCUT2D eigenvalue weighted by Gasteiger charge is 2.01. The zero-order valence-electron chi connectivity index (χ0n) is 9.10. The molecule has 1 aromatic carbocycles. The second-order valence-corrected chi connectivity index (χ2v) is 3.54. The Balaban J connectivity index is 1.83. The minimum absolute atomic E-state index is 0.268. The van der Waals surface area contributed by atoms with Crippen molar-refractivity contribution < 1.29 is 4.79 Å². The fraction of sp³-hybridized carbons (Fsp3) is 0.0909. The summed E-state index contributed by atoms with van der Waals surface area (Å²) in [4.78, 5) is 11.5. The first-order valence-corrected chi connectivity index (χ1v) is 5.12. The van der Waals surface area contributed by atoms with Gasteiger partial charge in [0.15, 0.2) is 0 Å². The van der Waals surface area contributed by atoms with E-state index in [4.69, 9.17) is 5.73 Å². The predicted octanol–water partition coefficient (Wildman–Crippen LogP) is 1.31. The van der Waals surface area contributed by atoms with Crippen molar-refractivity contribution in [1.29, 1.82) is 0 Å². The molecule has 17 heavy (non-hydrogen) atoms. The molecule has 1 aromatic heterocycles. The number of hydrogen-bond acceptors (Lipinski definition) is 3. The predicted molar refractivity (Wildman–Crippen MR) is 65.3 cm³/mol. The van der Waals surface area contributed by atoms with Gasteiger partial charge in [-0.2, -0.15) is 5.10 Å². The fourth-order valence-corrected chi connectivity index (χ4v) is 1.30. The Kier molecular flexibility index (Phi) is 3.25. The lowest BCUT2D eigenvalue weighted by atomic mass is 10.3. The standard InChI is InChI=1S/C11H13N5O/c12-9-1-3-10(4-2-9)16-11(17)13-5-8-6-14-15-7-8/h1-4,6-7H,5,12H2,(H,14,15)(H2,13,16,17). The molecule has 0 radical (unpaired) electrons. The molecular weight excluding hydrogens is 218 g/mol. The van der Waals surface area contributed by atoms with Crippen LogP contribution in [0.3, 0.4) is 0 Å². The van der Waals surface area contributed by atoms with Crippen LogP contribution in [-0.4, -0.2) is 16.2 Å². The van der Waals surface area contributed by atoms with Gasteiger partial charge in [-0.1, -0.05) is 0 Å². The smallest absolute Gasteiger partial charge is 0.319 e. The molecule has 1 heterocycles. The van der Waals surface area contributed by atoms with Gasteiger partial charge < -0.3 is 16.4 Å². The third-order valence-electron chi connectivity index (χ3n) is 2.18. The lowest BCUT2D eigenvalue weighted by Gasteiger charge is -2.06. The van der Waals surface area contributed by atoms with Crippen molar-refractivity contribution in [2.75, 3.05) is 11.1 Å². The van der Waals surface area contributed by atoms with Gasteiger partial charge in [-0.05, 0) is 24.3 Å². The van der Waals surface area contributed by atoms with Gasteiger partial charge in [0.25, 0.3) is 0 Å². The third kappa shape index (κ3) is 3.23. The van der Waals surface area contributed by atoms with Crippen molar-refractivity contribution in [2.24, 2.45) is 0 Å². The lowest BCUT2D eigenvalue weighted by Crippen LogP contribution is -2.27. The number of amides is 2. The number of carbonyl (C=O) groups is 1. The van der Waals surface area contributed by atoms with E-state index in [9.17, 15) is 4.79 Å². The summed E-state index contributed by atoms with van der Waals surface area (Å²) in [6.45, 7) is 0.428. The number of anilines is 2. The van der Waals surface area contributed by atoms with Crippen LogP contribution >= 0.6 is 0 Å². The normalized spacial score (nSPS) is 9.88. The van der Waals surface area contributed by atoms with Gasteiger partial charge in [-0.15, -0.1) is 0 Å². The van der Waals surface area contributed by atoms with Crippen molar-refractivity contribution in [3.63, 3.8) is 0 Å². The molecule has 2 rings (SSSR count). The molecule has 5 N–H and O–H groups in total. The first-order chi connectivity index (χ1) is 8.24. The maximum atomic E-state index is 11.5. The minimum Gasteiger partial charge on any atom is -0.399 e. The summed E-state index contributed by atoms with van der Waals surface area (Å²) in [5, 5.41) is 11.9. The molecule has 2 aromatic rings. The molecule has 2 amide bonds. The summed E-state index contributed by atoms with van der Waals surface area (Å²) < 4.78 is 0. The van der Waals surface area contributed by atoms with Crippen LogP contribution in [0, 0.1) is 0 Å². The van der Waals surface area contributed by atoms with Crippen LogP contribution in [0.25, 0.3) is 0 Å². The number of nitrogens with two attached hydrogens (primary N) is 1. The maximum absolute atomic E-state index is 11.5. The van der Waals surface area contributed by atoms with Crippen molar-refractivity contribution in [1.82, 2.24) is 15.5 Å². The fourth-order valence-electron chi connectivity index (χ4n) is 1.30. The van der Waals surface area contributed by atoms with Crippen LogP contribution in [0.1, 0.15) is 5.56 Å². The SMILES string of the molecule is Nc1ccc(NC(=O)NCc2cn[nH]c2)cc1. The molecule has 0 spiro atoms. The molecule has 0 saturated heterocycles. The Morgan fingerprint density at radius 1 is 1.35 bits per heavy atom. The monoisotopic (exact) mass is 231 g/mol. The van der Waals surface area contributed by atoms with Gasteiger partial charge in [0.2, 0.25) is 0 Å². The zero-order valence-corrected chi connectivity index (χ0v) is 9.10. The third-order valence-corrected chi connectivity index (χ3v) is 2.18. The first kappa shape index (κ1) is 11.0. The molecule has 88 valence electrons. The highest BCUT2D eigenvalue weighted by Crippen LogP contribution is 2.10. The summed E-state index contributed by atoms with van der Waals surface area (Å²) in [5.41, 5.74) is 7.82. The molecule has 0 bridgehead atoms. The Labute approximate surface area is 98.2 Å². The Morgan fingerprint density at radius 3 is 2.76 bits per heavy atom. The summed E-state index contributed by atoms with van der Waals surface area (Å²) in [6.07, 6.45) is 3.38. The second-order valence-electron chi connectivity index (χ2n) is 3.54. The van der Waals surface area contributed by atoms with Crippen LogP contribution in [0.2, 0.25) is 0 Å². The minimum atomic E-state index is -0.268. The van der Waals surface area contributed by atoms with Crippen LogP contribution in [0.4, 0.5) is 16.2 Å². The Hall–Kier alpha value is -2.50. The lowest BCUT2D eigenvalue weighted by molar-refractivity contribution is 0.251. The van der Waals surface area contributed by atoms with Crippen molar-refractivity contribution >= 4 is 17.4 Å². The van der Waals surface area contributed by atoms with Gasteiger partial charge in [-0.25, -0.2) is 4.79 Å². The van der Waals surface area contributed by atoms with E-state index in [1.807, 2.05) is 0 Å². The Bertz CT molecular complexity index is 477. The Morgan fingerprint density at radius 2 is 2.12 bits per heavy atom. The molecule has 0 aliphatic carbocycles. The molecule has 0 saturated carbocycles. The van der Waals surface area contributed by atoms with Crippen LogP contribution in [0.5, 0.6) is 0 Å². The van der Waals surface area contributed by atoms with E-state index in [2.05, 4.69) is 20.8 Å². The molecular formula is C11H13N5O. The summed E-state index contributed by atoms with van der Waals surface area (Å²) in [6, 6.07) is 6.67. The highest BCUT2D eigenvalue weighted by molar-refractivity contribution is 5.89. The number of aromatic nitrogens is 2. The van der Waals surface area contributed by atoms with Gasteiger partial charge in [0, 0.05) is 29.7 Å². The number of hydrogen-bond donors (Lipinski definition) is 4. The highest BCUT2D eigenvalue weighted by atomic mass is 16.2. The number of aromatic amines is 1. The summed E-state index contributed by atoms with van der Waals surface area (Å²) in [7, 11) is 0. The van der Waals surface area contributed by atoms with Crippen molar-refractivity contribution in [3.05, 3.63) is 42.2 Å². The number of carbonyl (C=O) groups excluding carboxylic acids is 1. The molecule has 0 aliphatic rings. The number of H-pyrrole nitrogens is 1. The van der Waals surface area contributed by atoms with E-state index in [1.165, 1.54) is 0 Å². The van der Waals surface area contributed by atoms with Crippen molar-refractivity contribution in [3.8, 4) is 0 Å². The van der Waals surface area contributed by atoms with Crippen LogP contribution < -0.4 is 16.4 Å². The summed E-state index contributed by atoms with van der Waals surface area (Å²) >= 11 is 0. The molecule has 0 fully saturated rings. The molecule has 6 nitrogen and oxygen atoms in total. The van der Waals surface area contributed by atoms with E-state index in [-0.39, 0.29) is 6.03 Å². The molecule has 0 unspecified atom stereocenters. The number of nitrogens with zero attached hydrogens (tertiary/aromatic N) is 1. The van der Waals surface area contributed by atoms with E-state index >= 15 is 0 Å². The van der Waals surface area contributed by atoms with E-state index < -0.39 is 0 Å². The van der Waals surface area contributed by atoms with E-state index in [1.54, 1.807) is 36.7 Å². The van der Waals surface area contributed by atoms with Gasteiger partial charge in [-0.3, -0.25) is 5.10 Å². The van der Waals surface area contributed by atoms with Gasteiger partial charge in [0.05, 0.1) is 6.20 Å². The van der Waals surface area contributed by atoms with Crippen LogP contribution in [0.15, 0.2) is 36.7 Å². The number of urea groups is 1. The maximum Gasteiger partial charge on any atom is 0.319 e.